The van der Waals surface area contributed by atoms with Crippen LogP contribution in [0.25, 0.3) is 0 Å². The van der Waals surface area contributed by atoms with Crippen molar-refractivity contribution in [3.8, 4) is 5.75 Å². The summed E-state index contributed by atoms with van der Waals surface area (Å²) in [4.78, 5) is 0. The third kappa shape index (κ3) is 4.02. The zero-order chi connectivity index (χ0) is 16.8. The van der Waals surface area contributed by atoms with E-state index in [1.807, 2.05) is 49.4 Å². The summed E-state index contributed by atoms with van der Waals surface area (Å²) in [5, 5.41) is 13.6. The molecule has 6 heteroatoms. The average molecular weight is 338 g/mol. The minimum atomic E-state index is 0.754. The Morgan fingerprint density at radius 3 is 2.75 bits per heavy atom. The summed E-state index contributed by atoms with van der Waals surface area (Å²) in [6.07, 6.45) is 1.78. The largest absolute Gasteiger partial charge is 0.497 e. The molecule has 5 nitrogen and oxygen atoms in total. The van der Waals surface area contributed by atoms with E-state index in [1.165, 1.54) is 5.56 Å². The van der Waals surface area contributed by atoms with Crippen molar-refractivity contribution in [1.29, 1.82) is 0 Å². The third-order valence-electron chi connectivity index (χ3n) is 3.39. The molecule has 0 spiro atoms. The number of hydrogen-bond acceptors (Lipinski definition) is 5. The van der Waals surface area contributed by atoms with Crippen LogP contribution in [0.3, 0.4) is 0 Å². The lowest BCUT2D eigenvalue weighted by Crippen LogP contribution is -1.96. The van der Waals surface area contributed by atoms with Crippen LogP contribution in [0.2, 0.25) is 0 Å². The minimum absolute atomic E-state index is 0.754. The number of ether oxygens (including phenoxy) is 1. The standard InChI is InChI=1S/C18H18N4OS/c1-14-20-21-18(24-13-15-7-4-3-5-8-15)22(14)19-12-16-9-6-10-17(11-16)23-2/h3-12H,13H2,1-2H3/b19-12-. The molecule has 0 N–H and O–H groups in total. The maximum atomic E-state index is 5.23. The number of nitrogens with zero attached hydrogens (tertiary/aromatic N) is 4. The van der Waals surface area contributed by atoms with E-state index in [0.717, 1.165) is 28.0 Å². The number of thioether (sulfide) groups is 1. The van der Waals surface area contributed by atoms with Gasteiger partial charge in [0.2, 0.25) is 5.16 Å². The lowest BCUT2D eigenvalue weighted by atomic mass is 10.2. The van der Waals surface area contributed by atoms with Gasteiger partial charge in [0.25, 0.3) is 0 Å². The van der Waals surface area contributed by atoms with Crippen LogP contribution >= 0.6 is 11.8 Å². The minimum Gasteiger partial charge on any atom is -0.497 e. The van der Waals surface area contributed by atoms with Gasteiger partial charge in [-0.2, -0.15) is 9.78 Å². The molecule has 0 amide bonds. The predicted molar refractivity (Wildman–Crippen MR) is 96.7 cm³/mol. The Labute approximate surface area is 145 Å². The molecule has 3 rings (SSSR count). The fourth-order valence-corrected chi connectivity index (χ4v) is 3.02. The molecule has 3 aromatic rings. The van der Waals surface area contributed by atoms with Crippen LogP contribution in [0.1, 0.15) is 17.0 Å². The number of hydrogen-bond donors (Lipinski definition) is 0. The molecule has 0 atom stereocenters. The molecule has 0 saturated heterocycles. The molecule has 0 bridgehead atoms. The van der Waals surface area contributed by atoms with Crippen molar-refractivity contribution in [2.45, 2.75) is 17.8 Å². The fraction of sp³-hybridized carbons (Fsp3) is 0.167. The normalized spacial score (nSPS) is 11.1. The summed E-state index contributed by atoms with van der Waals surface area (Å²) < 4.78 is 6.99. The number of methoxy groups -OCH3 is 1. The van der Waals surface area contributed by atoms with Gasteiger partial charge in [0.05, 0.1) is 13.3 Å². The van der Waals surface area contributed by atoms with E-state index in [9.17, 15) is 0 Å². The highest BCUT2D eigenvalue weighted by Gasteiger charge is 2.08. The van der Waals surface area contributed by atoms with Crippen LogP contribution in [-0.2, 0) is 5.75 Å². The van der Waals surface area contributed by atoms with Crippen molar-refractivity contribution in [2.75, 3.05) is 7.11 Å². The highest BCUT2D eigenvalue weighted by Crippen LogP contribution is 2.21. The highest BCUT2D eigenvalue weighted by molar-refractivity contribution is 7.98. The molecule has 0 saturated carbocycles. The maximum absolute atomic E-state index is 5.23. The van der Waals surface area contributed by atoms with E-state index in [4.69, 9.17) is 4.74 Å². The van der Waals surface area contributed by atoms with Crippen LogP contribution < -0.4 is 4.74 Å². The smallest absolute Gasteiger partial charge is 0.212 e. The summed E-state index contributed by atoms with van der Waals surface area (Å²) in [6.45, 7) is 1.89. The van der Waals surface area contributed by atoms with Crippen LogP contribution in [-0.4, -0.2) is 28.2 Å². The van der Waals surface area contributed by atoms with Crippen LogP contribution in [0, 0.1) is 6.92 Å². The van der Waals surface area contributed by atoms with Gasteiger partial charge in [-0.25, -0.2) is 0 Å². The molecule has 1 aromatic heterocycles. The Bertz CT molecular complexity index is 830. The Kier molecular flexibility index (Phi) is 5.28. The van der Waals surface area contributed by atoms with Gasteiger partial charge in [-0.3, -0.25) is 0 Å². The lowest BCUT2D eigenvalue weighted by molar-refractivity contribution is 0.414. The molecule has 1 heterocycles. The van der Waals surface area contributed by atoms with Gasteiger partial charge in [0.1, 0.15) is 5.75 Å². The van der Waals surface area contributed by atoms with Gasteiger partial charge in [-0.15, -0.1) is 10.2 Å². The fourth-order valence-electron chi connectivity index (χ4n) is 2.13. The van der Waals surface area contributed by atoms with Crippen molar-refractivity contribution in [1.82, 2.24) is 14.9 Å². The second kappa shape index (κ2) is 7.79. The van der Waals surface area contributed by atoms with Gasteiger partial charge in [-0.1, -0.05) is 54.2 Å². The van der Waals surface area contributed by atoms with E-state index >= 15 is 0 Å². The lowest BCUT2D eigenvalue weighted by Gasteiger charge is -2.03. The van der Waals surface area contributed by atoms with Crippen LogP contribution in [0.4, 0.5) is 0 Å². The summed E-state index contributed by atoms with van der Waals surface area (Å²) in [7, 11) is 1.65. The molecule has 122 valence electrons. The van der Waals surface area contributed by atoms with Crippen LogP contribution in [0.5, 0.6) is 5.75 Å². The zero-order valence-electron chi connectivity index (χ0n) is 13.6. The Morgan fingerprint density at radius 1 is 1.12 bits per heavy atom. The molecule has 2 aromatic carbocycles. The van der Waals surface area contributed by atoms with Gasteiger partial charge in [0, 0.05) is 5.75 Å². The van der Waals surface area contributed by atoms with Gasteiger partial charge < -0.3 is 4.74 Å². The van der Waals surface area contributed by atoms with Crippen molar-refractivity contribution < 1.29 is 4.74 Å². The Hall–Kier alpha value is -2.60. The summed E-state index contributed by atoms with van der Waals surface area (Å²) in [5.74, 6) is 2.39. The summed E-state index contributed by atoms with van der Waals surface area (Å²) in [6, 6.07) is 18.0. The first-order valence-corrected chi connectivity index (χ1v) is 8.52. The second-order valence-corrected chi connectivity index (χ2v) is 6.08. The van der Waals surface area contributed by atoms with E-state index in [1.54, 1.807) is 29.8 Å². The molecule has 0 unspecified atom stereocenters. The second-order valence-electron chi connectivity index (χ2n) is 5.14. The van der Waals surface area contributed by atoms with Crippen molar-refractivity contribution in [2.24, 2.45) is 5.10 Å². The Balaban J connectivity index is 1.75. The van der Waals surface area contributed by atoms with E-state index in [-0.39, 0.29) is 0 Å². The SMILES string of the molecule is COc1cccc(/C=N\n2c(C)nnc2SCc2ccccc2)c1. The molecule has 0 radical (unpaired) electrons. The van der Waals surface area contributed by atoms with Crippen molar-refractivity contribution in [3.05, 3.63) is 71.5 Å². The zero-order valence-corrected chi connectivity index (χ0v) is 14.4. The maximum Gasteiger partial charge on any atom is 0.212 e. The number of benzene rings is 2. The molecular weight excluding hydrogens is 320 g/mol. The number of aromatic nitrogens is 3. The third-order valence-corrected chi connectivity index (χ3v) is 4.39. The van der Waals surface area contributed by atoms with E-state index in [2.05, 4.69) is 27.4 Å². The molecule has 0 aliphatic heterocycles. The van der Waals surface area contributed by atoms with Crippen LogP contribution in [0.15, 0.2) is 64.9 Å². The summed E-state index contributed by atoms with van der Waals surface area (Å²) in [5.41, 5.74) is 2.20. The van der Waals surface area contributed by atoms with Gasteiger partial charge in [0.15, 0.2) is 5.82 Å². The van der Waals surface area contributed by atoms with Gasteiger partial charge in [-0.05, 0) is 30.2 Å². The molecule has 0 aliphatic carbocycles. The van der Waals surface area contributed by atoms with E-state index in [0.29, 0.717) is 0 Å². The Morgan fingerprint density at radius 2 is 1.96 bits per heavy atom. The average Bonchev–Trinajstić information content (AvgIpc) is 2.99. The quantitative estimate of drug-likeness (QED) is 0.507. The molecule has 0 fully saturated rings. The molecule has 0 aliphatic rings. The highest BCUT2D eigenvalue weighted by atomic mass is 32.2. The topological polar surface area (TPSA) is 52.3 Å². The van der Waals surface area contributed by atoms with Gasteiger partial charge >= 0.3 is 0 Å². The van der Waals surface area contributed by atoms with Crippen molar-refractivity contribution >= 4 is 18.0 Å². The monoisotopic (exact) mass is 338 g/mol. The molecule has 24 heavy (non-hydrogen) atoms. The number of rotatable bonds is 6. The first-order chi connectivity index (χ1) is 11.8. The van der Waals surface area contributed by atoms with E-state index < -0.39 is 0 Å². The summed E-state index contributed by atoms with van der Waals surface area (Å²) >= 11 is 1.61. The predicted octanol–water partition coefficient (Wildman–Crippen LogP) is 3.77. The first-order valence-electron chi connectivity index (χ1n) is 7.53. The number of aryl methyl sites for hydroxylation is 1. The molecular formula is C18H18N4OS. The van der Waals surface area contributed by atoms with Crippen molar-refractivity contribution in [3.63, 3.8) is 0 Å². The first kappa shape index (κ1) is 16.3.